The average Bonchev–Trinajstić information content (AvgIpc) is 3.25. The molecule has 156 valence electrons. The number of unbranched alkanes of at least 4 members (excludes halogenated alkanes) is 2. The molecule has 0 aromatic carbocycles. The van der Waals surface area contributed by atoms with Crippen LogP contribution in [0.5, 0.6) is 0 Å². The summed E-state index contributed by atoms with van der Waals surface area (Å²) >= 11 is 0. The minimum absolute atomic E-state index is 0.152. The van der Waals surface area contributed by atoms with E-state index in [0.29, 0.717) is 17.7 Å². The Morgan fingerprint density at radius 3 is 2.83 bits per heavy atom. The highest BCUT2D eigenvalue weighted by atomic mass is 16.6. The molecule has 29 heavy (non-hydrogen) atoms. The van der Waals surface area contributed by atoms with Gasteiger partial charge in [-0.3, -0.25) is 9.36 Å². The number of hydrogen-bond donors (Lipinski definition) is 4. The fraction of sp³-hybridized carbons (Fsp3) is 0.579. The van der Waals surface area contributed by atoms with Crippen LogP contribution in [0.4, 0.5) is 5.82 Å². The molecule has 0 saturated carbocycles. The van der Waals surface area contributed by atoms with Gasteiger partial charge in [0.1, 0.15) is 17.7 Å². The summed E-state index contributed by atoms with van der Waals surface area (Å²) in [6.07, 6.45) is -0.125. The van der Waals surface area contributed by atoms with Crippen LogP contribution in [-0.4, -0.2) is 60.5 Å². The highest BCUT2D eigenvalue weighted by molar-refractivity contribution is 5.83. The Hall–Kier alpha value is -2.74. The first-order chi connectivity index (χ1) is 14.0. The second kappa shape index (κ2) is 9.17. The second-order valence-corrected chi connectivity index (χ2v) is 6.88. The summed E-state index contributed by atoms with van der Waals surface area (Å²) in [6, 6.07) is 0. The van der Waals surface area contributed by atoms with E-state index in [2.05, 4.69) is 39.0 Å². The molecule has 1 fully saturated rings. The molecule has 0 radical (unpaired) electrons. The van der Waals surface area contributed by atoms with Crippen molar-refractivity contribution in [3.05, 3.63) is 12.2 Å². The summed E-state index contributed by atoms with van der Waals surface area (Å²) in [5.41, 5.74) is 6.62. The molecular weight excluding hydrogens is 376 g/mol. The molecule has 5 N–H and O–H groups in total. The molecule has 0 aliphatic carbocycles. The third-order valence-corrected chi connectivity index (χ3v) is 4.62. The number of aliphatic hydroxyl groups excluding tert-OH is 2. The lowest BCUT2D eigenvalue weighted by molar-refractivity contribution is -0.137. The van der Waals surface area contributed by atoms with E-state index in [9.17, 15) is 15.0 Å². The molecule has 10 nitrogen and oxygen atoms in total. The Morgan fingerprint density at radius 1 is 1.31 bits per heavy atom. The number of nitrogens with two attached hydrogens (primary N) is 1. The van der Waals surface area contributed by atoms with Crippen molar-refractivity contribution in [1.82, 2.24) is 24.8 Å². The topological polar surface area (TPSA) is 148 Å². The van der Waals surface area contributed by atoms with Crippen LogP contribution < -0.4 is 11.1 Å². The summed E-state index contributed by atoms with van der Waals surface area (Å²) < 4.78 is 7.10. The maximum absolute atomic E-state index is 12.2. The number of carbonyl (C=O) groups excluding carboxylic acids is 1. The molecule has 0 bridgehead atoms. The molecule has 10 heteroatoms. The van der Waals surface area contributed by atoms with Gasteiger partial charge in [0.25, 0.3) is 5.91 Å². The highest BCUT2D eigenvalue weighted by Crippen LogP contribution is 2.32. The molecule has 1 saturated heterocycles. The number of amides is 1. The third kappa shape index (κ3) is 4.32. The van der Waals surface area contributed by atoms with Gasteiger partial charge in [0.2, 0.25) is 5.82 Å². The predicted octanol–water partition coefficient (Wildman–Crippen LogP) is 0.0956. The molecule has 2 aromatic heterocycles. The van der Waals surface area contributed by atoms with Crippen molar-refractivity contribution in [2.75, 3.05) is 12.3 Å². The van der Waals surface area contributed by atoms with Gasteiger partial charge in [0.05, 0.1) is 6.33 Å². The molecule has 4 atom stereocenters. The van der Waals surface area contributed by atoms with Crippen LogP contribution in [0.15, 0.2) is 6.33 Å². The van der Waals surface area contributed by atoms with Crippen molar-refractivity contribution in [2.45, 2.75) is 64.1 Å². The summed E-state index contributed by atoms with van der Waals surface area (Å²) in [7, 11) is 0. The Balaban J connectivity index is 1.89. The van der Waals surface area contributed by atoms with E-state index in [-0.39, 0.29) is 11.6 Å². The molecule has 2 aromatic rings. The lowest BCUT2D eigenvalue weighted by Gasteiger charge is -2.16. The molecule has 3 rings (SSSR count). The van der Waals surface area contributed by atoms with Crippen LogP contribution in [0, 0.1) is 11.8 Å². The second-order valence-electron chi connectivity index (χ2n) is 6.88. The number of imidazole rings is 1. The lowest BCUT2D eigenvalue weighted by Crippen LogP contribution is -2.42. The number of hydrogen-bond acceptors (Lipinski definition) is 8. The zero-order valence-corrected chi connectivity index (χ0v) is 16.5. The minimum Gasteiger partial charge on any atom is -0.387 e. The number of carbonyl (C=O) groups is 1. The van der Waals surface area contributed by atoms with Crippen LogP contribution in [0.1, 0.15) is 51.6 Å². The van der Waals surface area contributed by atoms with Gasteiger partial charge in [-0.2, -0.15) is 0 Å². The first-order valence-electron chi connectivity index (χ1n) is 9.76. The van der Waals surface area contributed by atoms with Gasteiger partial charge in [0, 0.05) is 13.0 Å². The van der Waals surface area contributed by atoms with Crippen molar-refractivity contribution < 1.29 is 19.7 Å². The number of nitrogens with zero attached hydrogens (tertiary/aromatic N) is 4. The molecule has 3 heterocycles. The monoisotopic (exact) mass is 402 g/mol. The molecule has 0 spiro atoms. The number of fused-ring (bicyclic) bond motifs is 1. The standard InChI is InChI=1S/C19H26N6O4/c1-3-5-6-7-8-11-23-16(20)12-17(24-11)25(10-22-12)19-14(27)13(26)15(29-19)18(28)21-9-4-2/h10,13-15,19,26-27H,3-6,9H2,1-2H3,(H,21,28)(H2,20,23,24)/t13-,14+,15-,19+/m0/s1. The van der Waals surface area contributed by atoms with Crippen molar-refractivity contribution in [1.29, 1.82) is 0 Å². The van der Waals surface area contributed by atoms with Crippen LogP contribution >= 0.6 is 0 Å². The largest absolute Gasteiger partial charge is 0.387 e. The summed E-state index contributed by atoms with van der Waals surface area (Å²) in [5, 5.41) is 23.4. The number of aliphatic hydroxyl groups is 2. The number of aromatic nitrogens is 4. The van der Waals surface area contributed by atoms with Crippen LogP contribution in [0.3, 0.4) is 0 Å². The van der Waals surface area contributed by atoms with Crippen molar-refractivity contribution in [3.63, 3.8) is 0 Å². The summed E-state index contributed by atoms with van der Waals surface area (Å²) in [5.74, 6) is 5.78. The maximum Gasteiger partial charge on any atom is 0.252 e. The summed E-state index contributed by atoms with van der Waals surface area (Å²) in [4.78, 5) is 24.9. The zero-order chi connectivity index (χ0) is 21.0. The maximum atomic E-state index is 12.2. The third-order valence-electron chi connectivity index (χ3n) is 4.62. The normalized spacial score (nSPS) is 23.7. The SMILES string of the molecule is CCCCC#Cc1nc(N)c2ncn([C@@H]3O[C@H](C(=O)NCCC)[C@@H](O)[C@H]3O)c2n1. The smallest absolute Gasteiger partial charge is 0.252 e. The highest BCUT2D eigenvalue weighted by Gasteiger charge is 2.47. The van der Waals surface area contributed by atoms with Crippen LogP contribution in [0.25, 0.3) is 11.2 Å². The molecule has 1 aliphatic heterocycles. The minimum atomic E-state index is -1.39. The zero-order valence-electron chi connectivity index (χ0n) is 16.5. The summed E-state index contributed by atoms with van der Waals surface area (Å²) in [6.45, 7) is 4.44. The Labute approximate surface area is 168 Å². The van der Waals surface area contributed by atoms with Crippen molar-refractivity contribution >= 4 is 22.9 Å². The first-order valence-corrected chi connectivity index (χ1v) is 9.76. The van der Waals surface area contributed by atoms with E-state index in [0.717, 1.165) is 25.7 Å². The molecule has 1 aliphatic rings. The Bertz CT molecular complexity index is 934. The van der Waals surface area contributed by atoms with Gasteiger partial charge >= 0.3 is 0 Å². The van der Waals surface area contributed by atoms with E-state index < -0.39 is 30.4 Å². The number of nitrogens with one attached hydrogen (secondary N) is 1. The van der Waals surface area contributed by atoms with E-state index >= 15 is 0 Å². The Morgan fingerprint density at radius 2 is 2.10 bits per heavy atom. The Kier molecular flexibility index (Phi) is 6.64. The molecule has 0 unspecified atom stereocenters. The van der Waals surface area contributed by atoms with Crippen molar-refractivity contribution in [2.24, 2.45) is 0 Å². The van der Waals surface area contributed by atoms with Crippen LogP contribution in [-0.2, 0) is 9.53 Å². The fourth-order valence-electron chi connectivity index (χ4n) is 3.04. The van der Waals surface area contributed by atoms with Crippen LogP contribution in [0.2, 0.25) is 0 Å². The van der Waals surface area contributed by atoms with E-state index in [1.165, 1.54) is 10.9 Å². The number of nitrogen functional groups attached to an aromatic ring is 1. The quantitative estimate of drug-likeness (QED) is 0.393. The van der Waals surface area contributed by atoms with E-state index in [4.69, 9.17) is 10.5 Å². The molecular formula is C19H26N6O4. The first kappa shape index (κ1) is 21.0. The number of rotatable bonds is 6. The predicted molar refractivity (Wildman–Crippen MR) is 105 cm³/mol. The lowest BCUT2D eigenvalue weighted by atomic mass is 10.1. The van der Waals surface area contributed by atoms with Gasteiger partial charge in [-0.1, -0.05) is 26.2 Å². The van der Waals surface area contributed by atoms with Gasteiger partial charge < -0.3 is 26.0 Å². The van der Waals surface area contributed by atoms with E-state index in [1.54, 1.807) is 0 Å². The van der Waals surface area contributed by atoms with Gasteiger partial charge in [-0.15, -0.1) is 0 Å². The van der Waals surface area contributed by atoms with Crippen molar-refractivity contribution in [3.8, 4) is 11.8 Å². The fourth-order valence-corrected chi connectivity index (χ4v) is 3.04. The van der Waals surface area contributed by atoms with E-state index in [1.807, 2.05) is 6.92 Å². The van der Waals surface area contributed by atoms with Gasteiger partial charge in [-0.05, 0) is 18.8 Å². The number of ether oxygens (including phenoxy) is 1. The van der Waals surface area contributed by atoms with Gasteiger partial charge in [0.15, 0.2) is 23.8 Å². The number of anilines is 1. The molecule has 1 amide bonds. The van der Waals surface area contributed by atoms with Gasteiger partial charge in [-0.25, -0.2) is 15.0 Å². The average molecular weight is 402 g/mol.